The van der Waals surface area contributed by atoms with Gasteiger partial charge in [0.2, 0.25) is 0 Å². The largest absolute Gasteiger partial charge is 0.496 e. The summed E-state index contributed by atoms with van der Waals surface area (Å²) in [6.07, 6.45) is 1.02. The Morgan fingerprint density at radius 3 is 2.33 bits per heavy atom. The monoisotopic (exact) mass is 532 g/mol. The predicted octanol–water partition coefficient (Wildman–Crippen LogP) is 5.11. The molecule has 2 atom stereocenters. The van der Waals surface area contributed by atoms with E-state index in [1.54, 1.807) is 18.9 Å². The number of carbonyl (C=O) groups is 2. The zero-order valence-corrected chi connectivity index (χ0v) is 22.7. The smallest absolute Gasteiger partial charge is 0.320 e. The van der Waals surface area contributed by atoms with Crippen LogP contribution < -0.4 is 14.2 Å². The maximum Gasteiger partial charge on any atom is 0.320 e. The Hall–Kier alpha value is -4.20. The second-order valence-corrected chi connectivity index (χ2v) is 10.2. The highest BCUT2D eigenvalue weighted by molar-refractivity contribution is 5.77. The standard InChI is InChI=1S/C31H36N2O6/c1-31(29(34)35,22-39-26-10-5-4-6-11-26)19-23-13-15-27(16-14-23)38-18-17-25-21-33(30(36)32(25)2)20-24-9-7-8-12-28(24)37-3/h4-16,25H,17-22H2,1-3H3,(H,34,35). The lowest BCUT2D eigenvalue weighted by molar-refractivity contribution is -0.149. The summed E-state index contributed by atoms with van der Waals surface area (Å²) in [5.41, 5.74) is 0.786. The Morgan fingerprint density at radius 1 is 0.974 bits per heavy atom. The molecular formula is C31H36N2O6. The lowest BCUT2D eigenvalue weighted by Crippen LogP contribution is -2.36. The van der Waals surface area contributed by atoms with Crippen molar-refractivity contribution in [3.8, 4) is 17.2 Å². The van der Waals surface area contributed by atoms with Crippen LogP contribution in [-0.4, -0.2) is 66.9 Å². The van der Waals surface area contributed by atoms with Gasteiger partial charge in [0, 0.05) is 25.6 Å². The van der Waals surface area contributed by atoms with E-state index in [4.69, 9.17) is 14.2 Å². The van der Waals surface area contributed by atoms with Crippen LogP contribution in [0.5, 0.6) is 17.2 Å². The first-order valence-electron chi connectivity index (χ1n) is 13.1. The summed E-state index contributed by atoms with van der Waals surface area (Å²) >= 11 is 0. The average molecular weight is 533 g/mol. The third kappa shape index (κ3) is 7.02. The molecule has 1 fully saturated rings. The quantitative estimate of drug-likeness (QED) is 0.329. The van der Waals surface area contributed by atoms with Gasteiger partial charge in [-0.05, 0) is 49.2 Å². The number of likely N-dealkylation sites (N-methyl/N-ethyl adjacent to an activating group) is 1. The number of carboxylic acids is 1. The fourth-order valence-corrected chi connectivity index (χ4v) is 4.71. The molecule has 8 heteroatoms. The van der Waals surface area contributed by atoms with E-state index in [0.717, 1.165) is 16.9 Å². The van der Waals surface area contributed by atoms with Crippen LogP contribution in [0.4, 0.5) is 4.79 Å². The number of para-hydroxylation sites is 2. The number of urea groups is 1. The van der Waals surface area contributed by atoms with E-state index >= 15 is 0 Å². The molecule has 8 nitrogen and oxygen atoms in total. The number of aliphatic carboxylic acids is 1. The summed E-state index contributed by atoms with van der Waals surface area (Å²) in [5, 5.41) is 9.87. The fraction of sp³-hybridized carbons (Fsp3) is 0.355. The van der Waals surface area contributed by atoms with Crippen LogP contribution in [0.3, 0.4) is 0 Å². The minimum absolute atomic E-state index is 0.00650. The van der Waals surface area contributed by atoms with Gasteiger partial charge in [0.1, 0.15) is 29.3 Å². The van der Waals surface area contributed by atoms with E-state index in [1.807, 2.05) is 90.8 Å². The van der Waals surface area contributed by atoms with Crippen LogP contribution in [0, 0.1) is 5.41 Å². The van der Waals surface area contributed by atoms with E-state index in [1.165, 1.54) is 0 Å². The van der Waals surface area contributed by atoms with Crippen LogP contribution >= 0.6 is 0 Å². The summed E-state index contributed by atoms with van der Waals surface area (Å²) in [7, 11) is 3.46. The molecule has 2 amide bonds. The number of ether oxygens (including phenoxy) is 3. The van der Waals surface area contributed by atoms with Gasteiger partial charge in [-0.3, -0.25) is 4.79 Å². The van der Waals surface area contributed by atoms with Gasteiger partial charge in [0.15, 0.2) is 0 Å². The molecule has 1 heterocycles. The van der Waals surface area contributed by atoms with E-state index in [0.29, 0.717) is 44.0 Å². The van der Waals surface area contributed by atoms with E-state index in [2.05, 4.69) is 0 Å². The number of rotatable bonds is 13. The minimum atomic E-state index is -1.08. The van der Waals surface area contributed by atoms with Crippen LogP contribution in [0.1, 0.15) is 24.5 Å². The van der Waals surface area contributed by atoms with Gasteiger partial charge < -0.3 is 29.1 Å². The van der Waals surface area contributed by atoms with Gasteiger partial charge in [-0.15, -0.1) is 0 Å². The zero-order chi connectivity index (χ0) is 27.8. The van der Waals surface area contributed by atoms with Gasteiger partial charge >= 0.3 is 12.0 Å². The van der Waals surface area contributed by atoms with Gasteiger partial charge in [-0.1, -0.05) is 48.5 Å². The molecule has 3 aromatic carbocycles. The van der Waals surface area contributed by atoms with Crippen molar-refractivity contribution < 1.29 is 28.9 Å². The van der Waals surface area contributed by atoms with Crippen LogP contribution in [0.15, 0.2) is 78.9 Å². The van der Waals surface area contributed by atoms with Gasteiger partial charge in [-0.2, -0.15) is 0 Å². The number of nitrogens with zero attached hydrogens (tertiary/aromatic N) is 2. The maximum absolute atomic E-state index is 12.8. The number of hydrogen-bond acceptors (Lipinski definition) is 5. The van der Waals surface area contributed by atoms with Crippen molar-refractivity contribution in [3.63, 3.8) is 0 Å². The molecule has 206 valence electrons. The van der Waals surface area contributed by atoms with Crippen LogP contribution in [-0.2, 0) is 17.8 Å². The number of hydrogen-bond donors (Lipinski definition) is 1. The molecule has 0 aromatic heterocycles. The normalized spacial score (nSPS) is 16.6. The molecule has 1 saturated heterocycles. The zero-order valence-electron chi connectivity index (χ0n) is 22.7. The lowest BCUT2D eigenvalue weighted by Gasteiger charge is -2.25. The van der Waals surface area contributed by atoms with Gasteiger partial charge in [0.05, 0.1) is 26.3 Å². The third-order valence-electron chi connectivity index (χ3n) is 7.16. The molecule has 4 rings (SSSR count). The third-order valence-corrected chi connectivity index (χ3v) is 7.16. The van der Waals surface area contributed by atoms with Crippen molar-refractivity contribution >= 4 is 12.0 Å². The molecule has 1 aliphatic heterocycles. The van der Waals surface area contributed by atoms with E-state index < -0.39 is 11.4 Å². The van der Waals surface area contributed by atoms with Crippen molar-refractivity contribution in [2.24, 2.45) is 5.41 Å². The molecular weight excluding hydrogens is 496 g/mol. The molecule has 2 unspecified atom stereocenters. The highest BCUT2D eigenvalue weighted by atomic mass is 16.5. The number of benzene rings is 3. The average Bonchev–Trinajstić information content (AvgIpc) is 3.21. The first kappa shape index (κ1) is 27.8. The Bertz CT molecular complexity index is 1250. The Morgan fingerprint density at radius 2 is 1.64 bits per heavy atom. The molecule has 0 saturated carbocycles. The predicted molar refractivity (Wildman–Crippen MR) is 148 cm³/mol. The Balaban J connectivity index is 1.27. The maximum atomic E-state index is 12.8. The first-order chi connectivity index (χ1) is 18.8. The van der Waals surface area contributed by atoms with E-state index in [9.17, 15) is 14.7 Å². The summed E-state index contributed by atoms with van der Waals surface area (Å²) in [6.45, 7) is 3.33. The fourth-order valence-electron chi connectivity index (χ4n) is 4.71. The van der Waals surface area contributed by atoms with Gasteiger partial charge in [-0.25, -0.2) is 4.79 Å². The molecule has 1 aliphatic rings. The summed E-state index contributed by atoms with van der Waals surface area (Å²) in [5.74, 6) is 1.21. The van der Waals surface area contributed by atoms with Crippen LogP contribution in [0.25, 0.3) is 0 Å². The number of amides is 2. The van der Waals surface area contributed by atoms with Crippen molar-refractivity contribution in [3.05, 3.63) is 90.0 Å². The molecule has 3 aromatic rings. The minimum Gasteiger partial charge on any atom is -0.496 e. The van der Waals surface area contributed by atoms with Crippen LogP contribution in [0.2, 0.25) is 0 Å². The molecule has 0 spiro atoms. The highest BCUT2D eigenvalue weighted by Crippen LogP contribution is 2.27. The molecule has 0 radical (unpaired) electrons. The Kier molecular flexibility index (Phi) is 8.96. The second-order valence-electron chi connectivity index (χ2n) is 10.2. The SMILES string of the molecule is COc1ccccc1CN1CC(CCOc2ccc(CC(C)(COc3ccccc3)C(=O)O)cc2)N(C)C1=O. The number of carbonyl (C=O) groups excluding carboxylic acids is 1. The molecule has 39 heavy (non-hydrogen) atoms. The topological polar surface area (TPSA) is 88.5 Å². The van der Waals surface area contributed by atoms with Crippen molar-refractivity contribution in [2.75, 3.05) is 33.9 Å². The molecule has 1 N–H and O–H groups in total. The summed E-state index contributed by atoms with van der Waals surface area (Å²) in [4.78, 5) is 28.4. The first-order valence-corrected chi connectivity index (χ1v) is 13.1. The van der Waals surface area contributed by atoms with Gasteiger partial charge in [0.25, 0.3) is 0 Å². The van der Waals surface area contributed by atoms with Crippen molar-refractivity contribution in [2.45, 2.75) is 32.4 Å². The van der Waals surface area contributed by atoms with Crippen molar-refractivity contribution in [1.29, 1.82) is 0 Å². The lowest BCUT2D eigenvalue weighted by atomic mass is 9.84. The molecule has 0 aliphatic carbocycles. The number of carboxylic acid groups (broad SMARTS) is 1. The number of methoxy groups -OCH3 is 1. The van der Waals surface area contributed by atoms with Crippen molar-refractivity contribution in [1.82, 2.24) is 9.80 Å². The Labute approximate surface area is 229 Å². The highest BCUT2D eigenvalue weighted by Gasteiger charge is 2.35. The molecule has 0 bridgehead atoms. The second kappa shape index (κ2) is 12.6. The summed E-state index contributed by atoms with van der Waals surface area (Å²) < 4.78 is 17.1. The summed E-state index contributed by atoms with van der Waals surface area (Å²) in [6, 6.07) is 24.5. The van der Waals surface area contributed by atoms with E-state index in [-0.39, 0.29) is 18.7 Å².